The maximum atomic E-state index is 11.3. The van der Waals surface area contributed by atoms with E-state index in [1.807, 2.05) is 25.2 Å². The number of hydrogen-bond donors (Lipinski definition) is 4. The highest BCUT2D eigenvalue weighted by Crippen LogP contribution is 2.36. The van der Waals surface area contributed by atoms with Gasteiger partial charge in [-0.1, -0.05) is 19.9 Å². The van der Waals surface area contributed by atoms with E-state index in [1.54, 1.807) is 0 Å². The Morgan fingerprint density at radius 2 is 2.00 bits per heavy atom. The zero-order valence-corrected chi connectivity index (χ0v) is 11.7. The summed E-state index contributed by atoms with van der Waals surface area (Å²) in [5.74, 6) is 0. The smallest absolute Gasteiger partial charge is 0.323 e. The number of rotatable bonds is 5. The van der Waals surface area contributed by atoms with E-state index in [0.29, 0.717) is 6.54 Å². The first-order valence-electron chi connectivity index (χ1n) is 6.57. The van der Waals surface area contributed by atoms with E-state index in [1.165, 1.54) is 0 Å². The largest absolute Gasteiger partial charge is 0.330 e. The summed E-state index contributed by atoms with van der Waals surface area (Å²) < 4.78 is 0. The molecule has 0 radical (unpaired) electrons. The van der Waals surface area contributed by atoms with Crippen LogP contribution in [0.15, 0.2) is 23.0 Å². The average Bonchev–Trinajstić information content (AvgIpc) is 2.68. The van der Waals surface area contributed by atoms with Gasteiger partial charge in [0.15, 0.2) is 0 Å². The van der Waals surface area contributed by atoms with E-state index >= 15 is 0 Å². The van der Waals surface area contributed by atoms with Crippen LogP contribution < -0.4 is 16.7 Å². The molecule has 1 aromatic heterocycles. The number of nitrogens with one attached hydrogen (secondary N) is 3. The Balaban J connectivity index is 2.42. The van der Waals surface area contributed by atoms with Crippen molar-refractivity contribution in [2.45, 2.75) is 26.3 Å². The number of aromatic nitrogens is 2. The van der Waals surface area contributed by atoms with Gasteiger partial charge in [0.05, 0.1) is 11.0 Å². The second kappa shape index (κ2) is 5.19. The summed E-state index contributed by atoms with van der Waals surface area (Å²) >= 11 is 0. The zero-order valence-electron chi connectivity index (χ0n) is 11.7. The molecule has 0 saturated carbocycles. The van der Waals surface area contributed by atoms with Crippen LogP contribution in [-0.2, 0) is 0 Å². The molecule has 0 aliphatic carbocycles. The van der Waals surface area contributed by atoms with Crippen LogP contribution in [-0.4, -0.2) is 23.6 Å². The SMILES string of the molecule is CNC(c1ccc2[nH]c(=O)[nH]c2c1)C(C)(C)CCN. The minimum absolute atomic E-state index is 0.0494. The standard InChI is InChI=1S/C14H22N4O/c1-14(2,6-7-15)12(16-3)9-4-5-10-11(8-9)18-13(19)17-10/h4-5,8,12,16H,6-7,15H2,1-3H3,(H2,17,18,19). The van der Waals surface area contributed by atoms with E-state index in [-0.39, 0.29) is 17.1 Å². The van der Waals surface area contributed by atoms with Gasteiger partial charge >= 0.3 is 5.69 Å². The van der Waals surface area contributed by atoms with E-state index in [0.717, 1.165) is 23.0 Å². The summed E-state index contributed by atoms with van der Waals surface area (Å²) in [7, 11) is 1.95. The number of imidazole rings is 1. The molecule has 0 amide bonds. The van der Waals surface area contributed by atoms with Gasteiger partial charge in [-0.15, -0.1) is 0 Å². The molecule has 0 bridgehead atoms. The first-order chi connectivity index (χ1) is 8.97. The molecule has 0 fully saturated rings. The monoisotopic (exact) mass is 262 g/mol. The van der Waals surface area contributed by atoms with Crippen molar-refractivity contribution < 1.29 is 0 Å². The van der Waals surface area contributed by atoms with Gasteiger partial charge < -0.3 is 21.0 Å². The van der Waals surface area contributed by atoms with Crippen molar-refractivity contribution in [2.24, 2.45) is 11.1 Å². The maximum Gasteiger partial charge on any atom is 0.323 e. The van der Waals surface area contributed by atoms with Crippen LogP contribution in [0.25, 0.3) is 11.0 Å². The van der Waals surface area contributed by atoms with E-state index in [2.05, 4.69) is 29.1 Å². The van der Waals surface area contributed by atoms with Crippen LogP contribution >= 0.6 is 0 Å². The molecule has 0 aliphatic heterocycles. The van der Waals surface area contributed by atoms with Crippen LogP contribution in [0.1, 0.15) is 31.9 Å². The summed E-state index contributed by atoms with van der Waals surface area (Å²) in [6, 6.07) is 6.20. The highest BCUT2D eigenvalue weighted by molar-refractivity contribution is 5.75. The maximum absolute atomic E-state index is 11.3. The first-order valence-corrected chi connectivity index (χ1v) is 6.57. The molecule has 19 heavy (non-hydrogen) atoms. The molecule has 5 nitrogen and oxygen atoms in total. The van der Waals surface area contributed by atoms with Crippen LogP contribution in [0.5, 0.6) is 0 Å². The predicted molar refractivity (Wildman–Crippen MR) is 78.2 cm³/mol. The Labute approximate surface area is 112 Å². The Bertz CT molecular complexity index is 611. The third-order valence-electron chi connectivity index (χ3n) is 3.73. The lowest BCUT2D eigenvalue weighted by molar-refractivity contribution is 0.239. The normalized spacial score (nSPS) is 13.9. The highest BCUT2D eigenvalue weighted by Gasteiger charge is 2.29. The second-order valence-corrected chi connectivity index (χ2v) is 5.63. The Kier molecular flexibility index (Phi) is 3.78. The summed E-state index contributed by atoms with van der Waals surface area (Å²) in [6.07, 6.45) is 0.931. The minimum Gasteiger partial charge on any atom is -0.330 e. The van der Waals surface area contributed by atoms with Crippen molar-refractivity contribution in [1.29, 1.82) is 0 Å². The first kappa shape index (κ1) is 13.8. The molecule has 1 heterocycles. The van der Waals surface area contributed by atoms with Gasteiger partial charge in [0, 0.05) is 6.04 Å². The number of nitrogens with two attached hydrogens (primary N) is 1. The van der Waals surface area contributed by atoms with Crippen LogP contribution in [0.2, 0.25) is 0 Å². The molecule has 0 saturated heterocycles. The molecule has 0 spiro atoms. The van der Waals surface area contributed by atoms with Crippen LogP contribution in [0.4, 0.5) is 0 Å². The molecule has 104 valence electrons. The number of aromatic amines is 2. The molecular formula is C14H22N4O. The molecule has 0 aliphatic rings. The van der Waals surface area contributed by atoms with Gasteiger partial charge in [-0.05, 0) is 43.1 Å². The predicted octanol–water partition coefficient (Wildman–Crippen LogP) is 1.49. The van der Waals surface area contributed by atoms with E-state index in [4.69, 9.17) is 5.73 Å². The fourth-order valence-corrected chi connectivity index (χ4v) is 2.75. The summed E-state index contributed by atoms with van der Waals surface area (Å²) in [5.41, 5.74) is 8.41. The number of benzene rings is 1. The zero-order chi connectivity index (χ0) is 14.0. The molecular weight excluding hydrogens is 240 g/mol. The number of fused-ring (bicyclic) bond motifs is 1. The Morgan fingerprint density at radius 3 is 2.63 bits per heavy atom. The minimum atomic E-state index is -0.172. The summed E-state index contributed by atoms with van der Waals surface area (Å²) in [4.78, 5) is 16.8. The number of H-pyrrole nitrogens is 2. The van der Waals surface area contributed by atoms with Gasteiger partial charge in [0.25, 0.3) is 0 Å². The molecule has 1 atom stereocenters. The topological polar surface area (TPSA) is 86.7 Å². The highest BCUT2D eigenvalue weighted by atomic mass is 16.1. The lowest BCUT2D eigenvalue weighted by Crippen LogP contribution is -2.33. The lowest BCUT2D eigenvalue weighted by Gasteiger charge is -2.34. The van der Waals surface area contributed by atoms with Crippen molar-refractivity contribution >= 4 is 11.0 Å². The summed E-state index contributed by atoms with van der Waals surface area (Å²) in [6.45, 7) is 5.06. The van der Waals surface area contributed by atoms with Gasteiger partial charge in [-0.25, -0.2) is 4.79 Å². The van der Waals surface area contributed by atoms with Crippen molar-refractivity contribution in [3.8, 4) is 0 Å². The molecule has 1 aromatic carbocycles. The quantitative estimate of drug-likeness (QED) is 0.658. The van der Waals surface area contributed by atoms with Crippen molar-refractivity contribution in [3.05, 3.63) is 34.2 Å². The van der Waals surface area contributed by atoms with Gasteiger partial charge in [0.1, 0.15) is 0 Å². The third kappa shape index (κ3) is 2.72. The van der Waals surface area contributed by atoms with Crippen LogP contribution in [0, 0.1) is 5.41 Å². The van der Waals surface area contributed by atoms with Gasteiger partial charge in [-0.2, -0.15) is 0 Å². The van der Waals surface area contributed by atoms with Crippen molar-refractivity contribution in [3.63, 3.8) is 0 Å². The summed E-state index contributed by atoms with van der Waals surface area (Å²) in [5, 5.41) is 3.36. The van der Waals surface area contributed by atoms with Crippen molar-refractivity contribution in [1.82, 2.24) is 15.3 Å². The third-order valence-corrected chi connectivity index (χ3v) is 3.73. The lowest BCUT2D eigenvalue weighted by atomic mass is 9.78. The molecule has 5 heteroatoms. The van der Waals surface area contributed by atoms with Gasteiger partial charge in [0.2, 0.25) is 0 Å². The average molecular weight is 262 g/mol. The van der Waals surface area contributed by atoms with Gasteiger partial charge in [-0.3, -0.25) is 0 Å². The fourth-order valence-electron chi connectivity index (χ4n) is 2.75. The van der Waals surface area contributed by atoms with E-state index < -0.39 is 0 Å². The molecule has 5 N–H and O–H groups in total. The van der Waals surface area contributed by atoms with Crippen LogP contribution in [0.3, 0.4) is 0 Å². The number of hydrogen-bond acceptors (Lipinski definition) is 3. The molecule has 1 unspecified atom stereocenters. The molecule has 2 aromatic rings. The Morgan fingerprint density at radius 1 is 1.32 bits per heavy atom. The van der Waals surface area contributed by atoms with Crippen molar-refractivity contribution in [2.75, 3.05) is 13.6 Å². The second-order valence-electron chi connectivity index (χ2n) is 5.63. The molecule has 2 rings (SSSR count). The Hall–Kier alpha value is -1.59. The van der Waals surface area contributed by atoms with E-state index in [9.17, 15) is 4.79 Å². The fraction of sp³-hybridized carbons (Fsp3) is 0.500.